The van der Waals surface area contributed by atoms with Gasteiger partial charge in [-0.2, -0.15) is 13.2 Å². The van der Waals surface area contributed by atoms with Gasteiger partial charge in [-0.3, -0.25) is 4.90 Å². The fourth-order valence-corrected chi connectivity index (χ4v) is 2.42. The molecule has 0 unspecified atom stereocenters. The van der Waals surface area contributed by atoms with Crippen LogP contribution in [-0.4, -0.2) is 37.3 Å². The van der Waals surface area contributed by atoms with Crippen molar-refractivity contribution in [3.63, 3.8) is 0 Å². The fraction of sp³-hybridized carbons (Fsp3) is 0.500. The molecule has 1 aromatic rings. The zero-order chi connectivity index (χ0) is 13.2. The monoisotopic (exact) mass is 350 g/mol. The third-order valence-electron chi connectivity index (χ3n) is 2.99. The summed E-state index contributed by atoms with van der Waals surface area (Å²) in [7, 11) is 0. The van der Waals surface area contributed by atoms with E-state index in [1.165, 1.54) is 17.0 Å². The average molecular weight is 352 g/mol. The zero-order valence-corrected chi connectivity index (χ0v) is 12.9. The van der Waals surface area contributed by atoms with E-state index in [2.05, 4.69) is 5.32 Å². The smallest absolute Gasteiger partial charge is 0.314 e. The Bertz CT molecular complexity index is 409. The number of alkyl halides is 3. The first-order valence-corrected chi connectivity index (χ1v) is 6.13. The molecule has 0 bridgehead atoms. The number of hydrogen-bond donors (Lipinski definition) is 1. The maximum absolute atomic E-state index is 13.2. The van der Waals surface area contributed by atoms with E-state index in [1.54, 1.807) is 12.1 Å². The molecule has 1 fully saturated rings. The van der Waals surface area contributed by atoms with Crippen molar-refractivity contribution >= 4 is 36.4 Å². The van der Waals surface area contributed by atoms with E-state index in [-0.39, 0.29) is 30.4 Å². The fourth-order valence-electron chi connectivity index (χ4n) is 2.22. The van der Waals surface area contributed by atoms with E-state index in [0.717, 1.165) is 0 Å². The van der Waals surface area contributed by atoms with E-state index in [1.807, 2.05) is 0 Å². The molecule has 116 valence electrons. The molecule has 2 nitrogen and oxygen atoms in total. The Morgan fingerprint density at radius 2 is 1.75 bits per heavy atom. The first-order chi connectivity index (χ1) is 8.48. The summed E-state index contributed by atoms with van der Waals surface area (Å²) >= 11 is 5.78. The summed E-state index contributed by atoms with van der Waals surface area (Å²) in [6, 6.07) is 4.43. The van der Waals surface area contributed by atoms with Gasteiger partial charge in [0.15, 0.2) is 0 Å². The van der Waals surface area contributed by atoms with E-state index in [0.29, 0.717) is 31.2 Å². The van der Waals surface area contributed by atoms with Gasteiger partial charge in [-0.05, 0) is 17.7 Å². The molecule has 2 rings (SSSR count). The van der Waals surface area contributed by atoms with Crippen molar-refractivity contribution in [2.75, 3.05) is 26.2 Å². The number of nitrogens with zero attached hydrogens (tertiary/aromatic N) is 1. The maximum Gasteiger partial charge on any atom is 0.408 e. The highest BCUT2D eigenvalue weighted by Gasteiger charge is 2.44. The first-order valence-electron chi connectivity index (χ1n) is 5.75. The van der Waals surface area contributed by atoms with Gasteiger partial charge in [0.05, 0.1) is 0 Å². The molecule has 1 aliphatic heterocycles. The van der Waals surface area contributed by atoms with Crippen molar-refractivity contribution in [3.8, 4) is 0 Å². The van der Waals surface area contributed by atoms with E-state index < -0.39 is 12.2 Å². The third-order valence-corrected chi connectivity index (χ3v) is 3.23. The Hall–Kier alpha value is -0.200. The summed E-state index contributed by atoms with van der Waals surface area (Å²) in [5.41, 5.74) is 0.205. The van der Waals surface area contributed by atoms with Crippen LogP contribution >= 0.6 is 36.4 Å². The zero-order valence-electron chi connectivity index (χ0n) is 10.5. The van der Waals surface area contributed by atoms with Gasteiger partial charge in [-0.15, -0.1) is 24.8 Å². The van der Waals surface area contributed by atoms with Crippen LogP contribution in [0.15, 0.2) is 24.3 Å². The van der Waals surface area contributed by atoms with Crippen molar-refractivity contribution in [2.45, 2.75) is 12.2 Å². The first kappa shape index (κ1) is 19.8. The van der Waals surface area contributed by atoms with Gasteiger partial charge in [-0.25, -0.2) is 0 Å². The van der Waals surface area contributed by atoms with Crippen molar-refractivity contribution in [3.05, 3.63) is 34.9 Å². The van der Waals surface area contributed by atoms with Crippen LogP contribution in [-0.2, 0) is 0 Å². The van der Waals surface area contributed by atoms with Crippen LogP contribution < -0.4 is 5.32 Å². The van der Waals surface area contributed by atoms with Gasteiger partial charge in [-0.1, -0.05) is 23.7 Å². The number of piperazine rings is 1. The lowest BCUT2D eigenvalue weighted by Gasteiger charge is -2.36. The highest BCUT2D eigenvalue weighted by molar-refractivity contribution is 6.30. The minimum absolute atomic E-state index is 0. The Kier molecular flexibility index (Phi) is 8.21. The van der Waals surface area contributed by atoms with Crippen molar-refractivity contribution in [2.24, 2.45) is 0 Å². The molecule has 8 heteroatoms. The van der Waals surface area contributed by atoms with Crippen LogP contribution in [0.2, 0.25) is 5.02 Å². The molecule has 0 aliphatic carbocycles. The maximum atomic E-state index is 13.2. The molecule has 1 aromatic carbocycles. The molecule has 0 radical (unpaired) electrons. The molecule has 1 heterocycles. The Morgan fingerprint density at radius 3 is 2.25 bits per heavy atom. The Labute approximate surface area is 133 Å². The van der Waals surface area contributed by atoms with Crippen LogP contribution in [0.25, 0.3) is 0 Å². The van der Waals surface area contributed by atoms with Crippen LogP contribution in [0.5, 0.6) is 0 Å². The lowest BCUT2D eigenvalue weighted by atomic mass is 10.0. The molecule has 20 heavy (non-hydrogen) atoms. The molecule has 0 amide bonds. The highest BCUT2D eigenvalue weighted by Crippen LogP contribution is 2.38. The van der Waals surface area contributed by atoms with Gasteiger partial charge in [0.25, 0.3) is 0 Å². The summed E-state index contributed by atoms with van der Waals surface area (Å²) < 4.78 is 39.7. The van der Waals surface area contributed by atoms with E-state index in [4.69, 9.17) is 11.6 Å². The number of nitrogens with one attached hydrogen (secondary N) is 1. The number of hydrogen-bond acceptors (Lipinski definition) is 2. The second-order valence-electron chi connectivity index (χ2n) is 4.29. The molecule has 1 saturated heterocycles. The van der Waals surface area contributed by atoms with Gasteiger partial charge >= 0.3 is 6.18 Å². The summed E-state index contributed by atoms with van der Waals surface area (Å²) in [6.45, 7) is 1.92. The lowest BCUT2D eigenvalue weighted by molar-refractivity contribution is -0.187. The van der Waals surface area contributed by atoms with Crippen molar-refractivity contribution < 1.29 is 13.2 Å². The normalized spacial score (nSPS) is 17.8. The van der Waals surface area contributed by atoms with Crippen LogP contribution in [0.4, 0.5) is 13.2 Å². The Morgan fingerprint density at radius 1 is 1.15 bits per heavy atom. The third kappa shape index (κ3) is 4.97. The number of benzene rings is 1. The predicted octanol–water partition coefficient (Wildman–Crippen LogP) is 3.69. The SMILES string of the molecule is Cl.Cl.FC(F)(F)[C@@H](c1cccc(Cl)c1)N1CCNCC1. The molecular weight excluding hydrogens is 335 g/mol. The molecular formula is C12H16Cl3F3N2. The van der Waals surface area contributed by atoms with Crippen molar-refractivity contribution in [1.29, 1.82) is 0 Å². The van der Waals surface area contributed by atoms with Gasteiger partial charge in [0, 0.05) is 31.2 Å². The molecule has 0 spiro atoms. The molecule has 1 aliphatic rings. The molecule has 1 N–H and O–H groups in total. The minimum Gasteiger partial charge on any atom is -0.314 e. The second kappa shape index (κ2) is 8.29. The van der Waals surface area contributed by atoms with Gasteiger partial charge in [0.2, 0.25) is 0 Å². The van der Waals surface area contributed by atoms with Crippen LogP contribution in [0, 0.1) is 0 Å². The highest BCUT2D eigenvalue weighted by atomic mass is 35.5. The van der Waals surface area contributed by atoms with E-state index in [9.17, 15) is 13.2 Å². The minimum atomic E-state index is -4.29. The largest absolute Gasteiger partial charge is 0.408 e. The molecule has 0 saturated carbocycles. The quantitative estimate of drug-likeness (QED) is 0.874. The molecule has 0 aromatic heterocycles. The lowest BCUT2D eigenvalue weighted by Crippen LogP contribution is -2.49. The van der Waals surface area contributed by atoms with Gasteiger partial charge in [0.1, 0.15) is 6.04 Å². The summed E-state index contributed by atoms with van der Waals surface area (Å²) in [5, 5.41) is 3.38. The average Bonchev–Trinajstić information content (AvgIpc) is 2.28. The standard InChI is InChI=1S/C12H14ClF3N2.2ClH/c13-10-3-1-2-9(8-10)11(12(14,15)16)18-6-4-17-5-7-18;;/h1-3,8,11,17H,4-7H2;2*1H/t11-;;/m1../s1. The second-order valence-corrected chi connectivity index (χ2v) is 4.72. The van der Waals surface area contributed by atoms with E-state index >= 15 is 0 Å². The number of rotatable bonds is 2. The predicted molar refractivity (Wildman–Crippen MR) is 79.2 cm³/mol. The number of halogens is 6. The summed E-state index contributed by atoms with van der Waals surface area (Å²) in [6.07, 6.45) is -4.29. The van der Waals surface area contributed by atoms with Crippen molar-refractivity contribution in [1.82, 2.24) is 10.2 Å². The summed E-state index contributed by atoms with van der Waals surface area (Å²) in [4.78, 5) is 1.45. The summed E-state index contributed by atoms with van der Waals surface area (Å²) in [5.74, 6) is 0. The Balaban J connectivity index is 0.00000180. The van der Waals surface area contributed by atoms with Crippen LogP contribution in [0.3, 0.4) is 0 Å². The molecule has 1 atom stereocenters. The van der Waals surface area contributed by atoms with Gasteiger partial charge < -0.3 is 5.32 Å². The van der Waals surface area contributed by atoms with Crippen LogP contribution in [0.1, 0.15) is 11.6 Å². The topological polar surface area (TPSA) is 15.3 Å².